The molecule has 0 aromatic carbocycles. The van der Waals surface area contributed by atoms with Gasteiger partial charge in [0.1, 0.15) is 5.52 Å². The summed E-state index contributed by atoms with van der Waals surface area (Å²) < 4.78 is 0. The van der Waals surface area contributed by atoms with E-state index >= 15 is 0 Å². The highest BCUT2D eigenvalue weighted by atomic mass is 35.5. The lowest BCUT2D eigenvalue weighted by Crippen LogP contribution is -1.89. The summed E-state index contributed by atoms with van der Waals surface area (Å²) in [6, 6.07) is 0. The fraction of sp³-hybridized carbons (Fsp3) is 0.167. The van der Waals surface area contributed by atoms with E-state index in [0.717, 1.165) is 29.4 Å². The molecule has 80 valence electrons. The smallest absolute Gasteiger partial charge is 0.223 e. The normalized spacial score (nSPS) is 15.4. The average molecular weight is 232 g/mol. The van der Waals surface area contributed by atoms with E-state index in [1.807, 2.05) is 6.20 Å². The van der Waals surface area contributed by atoms with E-state index in [4.69, 9.17) is 11.6 Å². The molecule has 0 saturated heterocycles. The van der Waals surface area contributed by atoms with Crippen LogP contribution in [-0.4, -0.2) is 15.0 Å². The summed E-state index contributed by atoms with van der Waals surface area (Å²) in [6.45, 7) is 0. The van der Waals surface area contributed by atoms with Crippen molar-refractivity contribution in [1.82, 2.24) is 15.0 Å². The molecule has 16 heavy (non-hydrogen) atoms. The number of rotatable bonds is 1. The van der Waals surface area contributed by atoms with Crippen LogP contribution in [0.25, 0.3) is 16.6 Å². The van der Waals surface area contributed by atoms with Crippen LogP contribution in [0.4, 0.5) is 0 Å². The van der Waals surface area contributed by atoms with Gasteiger partial charge in [0.2, 0.25) is 5.28 Å². The maximum Gasteiger partial charge on any atom is 0.223 e. The molecule has 4 heteroatoms. The SMILES string of the molecule is Clc1ncc2[nH]cc(C3=CC=CCC3)c2n1. The highest BCUT2D eigenvalue weighted by molar-refractivity contribution is 6.28. The third-order valence-electron chi connectivity index (χ3n) is 2.75. The molecule has 0 fully saturated rings. The van der Waals surface area contributed by atoms with Crippen molar-refractivity contribution in [2.45, 2.75) is 12.8 Å². The van der Waals surface area contributed by atoms with Crippen molar-refractivity contribution in [1.29, 1.82) is 0 Å². The molecular weight excluding hydrogens is 222 g/mol. The first kappa shape index (κ1) is 9.60. The number of nitrogens with one attached hydrogen (secondary N) is 1. The summed E-state index contributed by atoms with van der Waals surface area (Å²) >= 11 is 5.82. The van der Waals surface area contributed by atoms with Crippen molar-refractivity contribution in [3.8, 4) is 0 Å². The van der Waals surface area contributed by atoms with Gasteiger partial charge in [0.05, 0.1) is 11.7 Å². The maximum atomic E-state index is 5.82. The second kappa shape index (κ2) is 3.76. The predicted octanol–water partition coefficient (Wildman–Crippen LogP) is 3.34. The van der Waals surface area contributed by atoms with Crippen LogP contribution >= 0.6 is 11.6 Å². The van der Waals surface area contributed by atoms with E-state index < -0.39 is 0 Å². The minimum absolute atomic E-state index is 0.292. The molecular formula is C12H10ClN3. The van der Waals surface area contributed by atoms with Gasteiger partial charge in [-0.1, -0.05) is 18.2 Å². The van der Waals surface area contributed by atoms with Gasteiger partial charge in [-0.05, 0) is 30.0 Å². The quantitative estimate of drug-likeness (QED) is 0.765. The molecule has 0 spiro atoms. The summed E-state index contributed by atoms with van der Waals surface area (Å²) in [5, 5.41) is 0.292. The fourth-order valence-electron chi connectivity index (χ4n) is 1.96. The van der Waals surface area contributed by atoms with Crippen LogP contribution in [0.5, 0.6) is 0 Å². The maximum absolute atomic E-state index is 5.82. The number of nitrogens with zero attached hydrogens (tertiary/aromatic N) is 2. The number of aromatic nitrogens is 3. The Morgan fingerprint density at radius 3 is 3.12 bits per heavy atom. The van der Waals surface area contributed by atoms with Gasteiger partial charge in [-0.2, -0.15) is 0 Å². The Kier molecular flexibility index (Phi) is 2.26. The van der Waals surface area contributed by atoms with Crippen molar-refractivity contribution in [3.05, 3.63) is 41.5 Å². The third kappa shape index (κ3) is 1.53. The zero-order valence-electron chi connectivity index (χ0n) is 8.57. The third-order valence-corrected chi connectivity index (χ3v) is 2.93. The van der Waals surface area contributed by atoms with Crippen molar-refractivity contribution < 1.29 is 0 Å². The van der Waals surface area contributed by atoms with Gasteiger partial charge in [-0.3, -0.25) is 0 Å². The van der Waals surface area contributed by atoms with Gasteiger partial charge in [0.25, 0.3) is 0 Å². The van der Waals surface area contributed by atoms with E-state index in [1.54, 1.807) is 6.20 Å². The van der Waals surface area contributed by atoms with Crippen LogP contribution in [0.1, 0.15) is 18.4 Å². The number of H-pyrrole nitrogens is 1. The second-order valence-corrected chi connectivity index (χ2v) is 4.10. The Morgan fingerprint density at radius 1 is 1.38 bits per heavy atom. The van der Waals surface area contributed by atoms with Crippen molar-refractivity contribution >= 4 is 28.2 Å². The Hall–Kier alpha value is -1.61. The summed E-state index contributed by atoms with van der Waals surface area (Å²) in [5.41, 5.74) is 4.25. The molecule has 2 aromatic rings. The fourth-order valence-corrected chi connectivity index (χ4v) is 2.09. The Morgan fingerprint density at radius 2 is 2.31 bits per heavy atom. The largest absolute Gasteiger partial charge is 0.358 e. The van der Waals surface area contributed by atoms with Crippen molar-refractivity contribution in [2.75, 3.05) is 0 Å². The number of halogens is 1. The zero-order valence-corrected chi connectivity index (χ0v) is 9.33. The van der Waals surface area contributed by atoms with Gasteiger partial charge in [-0.25, -0.2) is 9.97 Å². The molecule has 0 atom stereocenters. The van der Waals surface area contributed by atoms with Gasteiger partial charge in [0.15, 0.2) is 0 Å². The first-order valence-corrected chi connectivity index (χ1v) is 5.58. The second-order valence-electron chi connectivity index (χ2n) is 3.76. The molecule has 2 heterocycles. The topological polar surface area (TPSA) is 41.6 Å². The molecule has 0 unspecified atom stereocenters. The molecule has 3 rings (SSSR count). The molecule has 0 saturated carbocycles. The van der Waals surface area contributed by atoms with E-state index in [-0.39, 0.29) is 0 Å². The van der Waals surface area contributed by atoms with E-state index in [9.17, 15) is 0 Å². The highest BCUT2D eigenvalue weighted by Crippen LogP contribution is 2.28. The van der Waals surface area contributed by atoms with Gasteiger partial charge < -0.3 is 4.98 Å². The first-order valence-electron chi connectivity index (χ1n) is 5.20. The molecule has 0 aliphatic heterocycles. The summed E-state index contributed by atoms with van der Waals surface area (Å²) in [5.74, 6) is 0. The first-order chi connectivity index (χ1) is 7.84. The number of fused-ring (bicyclic) bond motifs is 1. The lowest BCUT2D eigenvalue weighted by atomic mass is 9.99. The molecule has 0 bridgehead atoms. The Balaban J connectivity index is 2.20. The van der Waals surface area contributed by atoms with Gasteiger partial charge in [0, 0.05) is 11.8 Å². The molecule has 1 aliphatic carbocycles. The molecule has 0 radical (unpaired) electrons. The standard InChI is InChI=1S/C12H10ClN3/c13-12-15-7-10-11(16-12)9(6-14-10)8-4-2-1-3-5-8/h1-2,4,6-7,14H,3,5H2. The minimum Gasteiger partial charge on any atom is -0.358 e. The summed E-state index contributed by atoms with van der Waals surface area (Å²) in [4.78, 5) is 11.4. The molecule has 3 nitrogen and oxygen atoms in total. The van der Waals surface area contributed by atoms with Crippen LogP contribution in [-0.2, 0) is 0 Å². The summed E-state index contributed by atoms with van der Waals surface area (Å²) in [6.07, 6.45) is 12.2. The van der Waals surface area contributed by atoms with Crippen LogP contribution in [0.15, 0.2) is 30.6 Å². The van der Waals surface area contributed by atoms with Crippen molar-refractivity contribution in [2.24, 2.45) is 0 Å². The predicted molar refractivity (Wildman–Crippen MR) is 65.2 cm³/mol. The molecule has 2 aromatic heterocycles. The number of hydrogen-bond acceptors (Lipinski definition) is 2. The number of aromatic amines is 1. The number of allylic oxidation sites excluding steroid dienone is 4. The van der Waals surface area contributed by atoms with Crippen LogP contribution in [0.2, 0.25) is 5.28 Å². The number of hydrogen-bond donors (Lipinski definition) is 1. The highest BCUT2D eigenvalue weighted by Gasteiger charge is 2.11. The van der Waals surface area contributed by atoms with Crippen LogP contribution in [0.3, 0.4) is 0 Å². The Labute approximate surface area is 97.9 Å². The molecule has 0 amide bonds. The summed E-state index contributed by atoms with van der Waals surface area (Å²) in [7, 11) is 0. The monoisotopic (exact) mass is 231 g/mol. The molecule has 1 N–H and O–H groups in total. The van der Waals surface area contributed by atoms with Crippen LogP contribution < -0.4 is 0 Å². The van der Waals surface area contributed by atoms with Crippen molar-refractivity contribution in [3.63, 3.8) is 0 Å². The van der Waals surface area contributed by atoms with E-state index in [2.05, 4.69) is 33.2 Å². The average Bonchev–Trinajstić information content (AvgIpc) is 2.73. The van der Waals surface area contributed by atoms with Crippen LogP contribution in [0, 0.1) is 0 Å². The van der Waals surface area contributed by atoms with Gasteiger partial charge in [-0.15, -0.1) is 0 Å². The lowest BCUT2D eigenvalue weighted by Gasteiger charge is -2.06. The molecule has 1 aliphatic rings. The Bertz CT molecular complexity index is 595. The lowest BCUT2D eigenvalue weighted by molar-refractivity contribution is 1.05. The minimum atomic E-state index is 0.292. The van der Waals surface area contributed by atoms with Gasteiger partial charge >= 0.3 is 0 Å². The van der Waals surface area contributed by atoms with E-state index in [1.165, 1.54) is 5.57 Å². The van der Waals surface area contributed by atoms with E-state index in [0.29, 0.717) is 5.28 Å². The zero-order chi connectivity index (χ0) is 11.0.